The van der Waals surface area contributed by atoms with E-state index in [1.807, 2.05) is 7.05 Å². The molecule has 0 aromatic carbocycles. The van der Waals surface area contributed by atoms with Crippen molar-refractivity contribution in [2.45, 2.75) is 45.3 Å². The van der Waals surface area contributed by atoms with Crippen LogP contribution >= 0.6 is 0 Å². The van der Waals surface area contributed by atoms with Crippen molar-refractivity contribution in [1.29, 1.82) is 0 Å². The molecular weight excluding hydrogens is 200 g/mol. The first kappa shape index (κ1) is 12.3. The predicted octanol–water partition coefficient (Wildman–Crippen LogP) is 1.49. The van der Waals surface area contributed by atoms with Crippen molar-refractivity contribution >= 4 is 0 Å². The second-order valence-corrected chi connectivity index (χ2v) is 6.07. The molecule has 2 atom stereocenters. The molecule has 0 aromatic heterocycles. The van der Waals surface area contributed by atoms with Crippen molar-refractivity contribution in [3.05, 3.63) is 0 Å². The van der Waals surface area contributed by atoms with Crippen molar-refractivity contribution in [2.75, 3.05) is 33.3 Å². The number of ether oxygens (including phenoxy) is 1. The molecule has 0 bridgehead atoms. The monoisotopic (exact) mass is 226 g/mol. The molecule has 2 unspecified atom stereocenters. The summed E-state index contributed by atoms with van der Waals surface area (Å²) in [6.07, 6.45) is 4.48. The van der Waals surface area contributed by atoms with E-state index >= 15 is 0 Å². The average molecular weight is 226 g/mol. The van der Waals surface area contributed by atoms with Crippen LogP contribution in [0, 0.1) is 5.41 Å². The molecule has 2 aliphatic rings. The van der Waals surface area contributed by atoms with Crippen LogP contribution in [-0.4, -0.2) is 50.3 Å². The minimum absolute atomic E-state index is 0.360. The quantitative estimate of drug-likeness (QED) is 0.786. The highest BCUT2D eigenvalue weighted by Crippen LogP contribution is 2.31. The maximum Gasteiger partial charge on any atom is 0.0730 e. The lowest BCUT2D eigenvalue weighted by Crippen LogP contribution is -2.52. The molecule has 2 rings (SSSR count). The summed E-state index contributed by atoms with van der Waals surface area (Å²) >= 11 is 0. The first-order valence-electron chi connectivity index (χ1n) is 6.63. The number of morpholine rings is 1. The highest BCUT2D eigenvalue weighted by atomic mass is 16.5. The third-order valence-corrected chi connectivity index (χ3v) is 3.88. The van der Waals surface area contributed by atoms with E-state index in [-0.39, 0.29) is 0 Å². The Labute approximate surface area is 99.5 Å². The zero-order valence-corrected chi connectivity index (χ0v) is 11.0. The minimum Gasteiger partial charge on any atom is -0.375 e. The first-order valence-corrected chi connectivity index (χ1v) is 6.63. The summed E-state index contributed by atoms with van der Waals surface area (Å²) in [4.78, 5) is 2.67. The molecule has 1 heterocycles. The smallest absolute Gasteiger partial charge is 0.0730 e. The van der Waals surface area contributed by atoms with E-state index in [1.165, 1.54) is 25.8 Å². The zero-order chi connectivity index (χ0) is 11.6. The summed E-state index contributed by atoms with van der Waals surface area (Å²) in [6.45, 7) is 9.02. The second-order valence-electron chi connectivity index (χ2n) is 6.07. The summed E-state index contributed by atoms with van der Waals surface area (Å²) in [5, 5.41) is 3.30. The molecule has 1 saturated carbocycles. The maximum absolute atomic E-state index is 5.85. The van der Waals surface area contributed by atoms with E-state index < -0.39 is 0 Å². The molecule has 0 spiro atoms. The van der Waals surface area contributed by atoms with Crippen LogP contribution in [0.15, 0.2) is 0 Å². The van der Waals surface area contributed by atoms with Gasteiger partial charge in [0.15, 0.2) is 0 Å². The van der Waals surface area contributed by atoms with Crippen LogP contribution in [0.1, 0.15) is 33.1 Å². The number of rotatable bonds is 4. The normalized spacial score (nSPS) is 31.7. The van der Waals surface area contributed by atoms with Gasteiger partial charge in [0.1, 0.15) is 0 Å². The fourth-order valence-corrected chi connectivity index (χ4v) is 3.29. The molecule has 0 aromatic rings. The maximum atomic E-state index is 5.85. The highest BCUT2D eigenvalue weighted by Gasteiger charge is 2.37. The fraction of sp³-hybridized carbons (Fsp3) is 1.00. The Hall–Kier alpha value is -0.120. The van der Waals surface area contributed by atoms with Crippen LogP contribution in [0.5, 0.6) is 0 Å². The third-order valence-electron chi connectivity index (χ3n) is 3.88. The van der Waals surface area contributed by atoms with Crippen LogP contribution in [0.25, 0.3) is 0 Å². The van der Waals surface area contributed by atoms with Gasteiger partial charge in [0, 0.05) is 25.7 Å². The summed E-state index contributed by atoms with van der Waals surface area (Å²) in [6, 6.07) is 0.699. The molecule has 1 saturated heterocycles. The fourth-order valence-electron chi connectivity index (χ4n) is 3.29. The highest BCUT2D eigenvalue weighted by molar-refractivity contribution is 4.91. The lowest BCUT2D eigenvalue weighted by atomic mass is 9.91. The van der Waals surface area contributed by atoms with Crippen LogP contribution in [0.2, 0.25) is 0 Å². The number of nitrogens with zero attached hydrogens (tertiary/aromatic N) is 1. The Balaban J connectivity index is 1.92. The van der Waals surface area contributed by atoms with Gasteiger partial charge in [-0.05, 0) is 31.7 Å². The lowest BCUT2D eigenvalue weighted by molar-refractivity contribution is -0.0656. The Bertz CT molecular complexity index is 230. The van der Waals surface area contributed by atoms with Crippen molar-refractivity contribution in [1.82, 2.24) is 10.2 Å². The Morgan fingerprint density at radius 1 is 1.38 bits per heavy atom. The molecule has 0 amide bonds. The van der Waals surface area contributed by atoms with Crippen molar-refractivity contribution in [3.63, 3.8) is 0 Å². The SMILES string of the molecule is CNCC(C)(C)CN1CCOC2CCCC21. The molecule has 2 fully saturated rings. The number of hydrogen-bond acceptors (Lipinski definition) is 3. The Morgan fingerprint density at radius 3 is 2.94 bits per heavy atom. The van der Waals surface area contributed by atoms with Crippen LogP contribution < -0.4 is 5.32 Å². The average Bonchev–Trinajstić information content (AvgIpc) is 2.65. The Morgan fingerprint density at radius 2 is 2.19 bits per heavy atom. The third kappa shape index (κ3) is 2.76. The van der Waals surface area contributed by atoms with Crippen molar-refractivity contribution < 1.29 is 4.74 Å². The van der Waals surface area contributed by atoms with E-state index in [0.717, 1.165) is 19.7 Å². The van der Waals surface area contributed by atoms with E-state index in [1.54, 1.807) is 0 Å². The molecular formula is C13H26N2O. The summed E-state index contributed by atoms with van der Waals surface area (Å²) in [5.74, 6) is 0. The van der Waals surface area contributed by atoms with Crippen molar-refractivity contribution in [3.8, 4) is 0 Å². The van der Waals surface area contributed by atoms with E-state index in [9.17, 15) is 0 Å². The van der Waals surface area contributed by atoms with E-state index in [4.69, 9.17) is 4.74 Å². The van der Waals surface area contributed by atoms with Gasteiger partial charge in [-0.2, -0.15) is 0 Å². The standard InChI is InChI=1S/C13H26N2O/c1-13(2,9-14-3)10-15-7-8-16-12-6-4-5-11(12)15/h11-12,14H,4-10H2,1-3H3. The van der Waals surface area contributed by atoms with Gasteiger partial charge in [0.05, 0.1) is 12.7 Å². The van der Waals surface area contributed by atoms with Gasteiger partial charge < -0.3 is 10.1 Å². The van der Waals surface area contributed by atoms with Crippen LogP contribution in [0.4, 0.5) is 0 Å². The second kappa shape index (κ2) is 5.03. The van der Waals surface area contributed by atoms with E-state index in [0.29, 0.717) is 17.6 Å². The summed E-state index contributed by atoms with van der Waals surface area (Å²) in [5.41, 5.74) is 0.360. The molecule has 0 radical (unpaired) electrons. The van der Waals surface area contributed by atoms with E-state index in [2.05, 4.69) is 24.1 Å². The van der Waals surface area contributed by atoms with Gasteiger partial charge in [-0.1, -0.05) is 13.8 Å². The number of hydrogen-bond donors (Lipinski definition) is 1. The van der Waals surface area contributed by atoms with Gasteiger partial charge in [-0.3, -0.25) is 4.90 Å². The zero-order valence-electron chi connectivity index (χ0n) is 11.0. The molecule has 3 nitrogen and oxygen atoms in total. The predicted molar refractivity (Wildman–Crippen MR) is 66.7 cm³/mol. The van der Waals surface area contributed by atoms with Gasteiger partial charge >= 0.3 is 0 Å². The van der Waals surface area contributed by atoms with Crippen LogP contribution in [0.3, 0.4) is 0 Å². The topological polar surface area (TPSA) is 24.5 Å². The van der Waals surface area contributed by atoms with Crippen LogP contribution in [-0.2, 0) is 4.74 Å². The number of nitrogens with one attached hydrogen (secondary N) is 1. The molecule has 1 aliphatic heterocycles. The molecule has 1 aliphatic carbocycles. The molecule has 16 heavy (non-hydrogen) atoms. The number of fused-ring (bicyclic) bond motifs is 1. The summed E-state index contributed by atoms with van der Waals surface area (Å²) < 4.78 is 5.85. The largest absolute Gasteiger partial charge is 0.375 e. The van der Waals surface area contributed by atoms with Gasteiger partial charge in [0.2, 0.25) is 0 Å². The summed E-state index contributed by atoms with van der Waals surface area (Å²) in [7, 11) is 2.04. The molecule has 94 valence electrons. The van der Waals surface area contributed by atoms with Gasteiger partial charge in [-0.25, -0.2) is 0 Å². The Kier molecular flexibility index (Phi) is 3.88. The molecule has 1 N–H and O–H groups in total. The van der Waals surface area contributed by atoms with Gasteiger partial charge in [0.25, 0.3) is 0 Å². The van der Waals surface area contributed by atoms with Gasteiger partial charge in [-0.15, -0.1) is 0 Å². The van der Waals surface area contributed by atoms with Crippen molar-refractivity contribution in [2.24, 2.45) is 5.41 Å². The lowest BCUT2D eigenvalue weighted by Gasteiger charge is -2.41. The minimum atomic E-state index is 0.360. The molecule has 3 heteroatoms. The first-order chi connectivity index (χ1) is 7.62.